The predicted molar refractivity (Wildman–Crippen MR) is 290 cm³/mol. The zero-order valence-corrected chi connectivity index (χ0v) is 47.8. The van der Waals surface area contributed by atoms with Crippen LogP contribution in [0.3, 0.4) is 0 Å². The summed E-state index contributed by atoms with van der Waals surface area (Å²) in [6, 6.07) is 15.5. The molecule has 5 aliphatic rings. The molecule has 2 aromatic rings. The number of carbonyl (C=O) groups excluding carboxylic acids is 5. The molecule has 0 bridgehead atoms. The Morgan fingerprint density at radius 3 is 2.10 bits per heavy atom. The molecule has 5 amide bonds. The number of hydrogen-bond acceptors (Lipinski definition) is 14. The fraction of sp³-hybridized carbons (Fsp3) is 0.690. The zero-order valence-electron chi connectivity index (χ0n) is 47.8. The minimum absolute atomic E-state index is 0.0454. The van der Waals surface area contributed by atoms with Crippen molar-refractivity contribution in [3.63, 3.8) is 0 Å². The highest BCUT2D eigenvalue weighted by Gasteiger charge is 2.54. The first-order valence-electron chi connectivity index (χ1n) is 27.9. The fourth-order valence-corrected chi connectivity index (χ4v) is 12.2. The van der Waals surface area contributed by atoms with Gasteiger partial charge in [0.25, 0.3) is 6.02 Å². The van der Waals surface area contributed by atoms with Crippen LogP contribution in [0.1, 0.15) is 106 Å². The van der Waals surface area contributed by atoms with Crippen LogP contribution >= 0.6 is 0 Å². The lowest BCUT2D eigenvalue weighted by Gasteiger charge is -2.48. The van der Waals surface area contributed by atoms with Crippen molar-refractivity contribution in [2.24, 2.45) is 22.7 Å². The van der Waals surface area contributed by atoms with Crippen LogP contribution in [0, 0.1) is 17.8 Å². The molecular formula is C58H87N7O13. The van der Waals surface area contributed by atoms with Crippen LogP contribution in [0.4, 0.5) is 0 Å². The average Bonchev–Trinajstić information content (AvgIpc) is 4.11. The van der Waals surface area contributed by atoms with Crippen molar-refractivity contribution in [2.75, 3.05) is 40.8 Å². The lowest BCUT2D eigenvalue weighted by Crippen LogP contribution is -2.60. The van der Waals surface area contributed by atoms with Gasteiger partial charge in [0.2, 0.25) is 29.5 Å². The third-order valence-corrected chi connectivity index (χ3v) is 16.4. The fourth-order valence-electron chi connectivity index (χ4n) is 12.2. The summed E-state index contributed by atoms with van der Waals surface area (Å²) >= 11 is 0. The summed E-state index contributed by atoms with van der Waals surface area (Å²) in [6.07, 6.45) is -5.23. The molecule has 7 rings (SSSR count). The van der Waals surface area contributed by atoms with Crippen molar-refractivity contribution in [3.8, 4) is 0 Å². The Morgan fingerprint density at radius 1 is 0.833 bits per heavy atom. The summed E-state index contributed by atoms with van der Waals surface area (Å²) in [6.45, 7) is 16.4. The van der Waals surface area contributed by atoms with Crippen LogP contribution in [-0.2, 0) is 65.2 Å². The number of aliphatic hydroxyl groups excluding tert-OH is 1. The number of fused-ring (bicyclic) bond motifs is 2. The summed E-state index contributed by atoms with van der Waals surface area (Å²) < 4.78 is 39.5. The molecule has 5 saturated heterocycles. The predicted octanol–water partition coefficient (Wildman–Crippen LogP) is 3.34. The second-order valence-corrected chi connectivity index (χ2v) is 23.4. The number of nitrogens with zero attached hydrogens (tertiary/aromatic N) is 4. The number of likely N-dealkylation sites (N-methyl/N-ethyl adjacent to an activating group) is 2. The maximum atomic E-state index is 15.1. The van der Waals surface area contributed by atoms with Crippen LogP contribution in [0.25, 0.3) is 0 Å². The van der Waals surface area contributed by atoms with E-state index < -0.39 is 114 Å². The Hall–Kier alpha value is -5.22. The van der Waals surface area contributed by atoms with E-state index in [0.29, 0.717) is 31.8 Å². The zero-order chi connectivity index (χ0) is 56.8. The van der Waals surface area contributed by atoms with Gasteiger partial charge in [0.15, 0.2) is 18.7 Å². The Bertz CT molecular complexity index is 2400. The maximum Gasteiger partial charge on any atom is 0.288 e. The summed E-state index contributed by atoms with van der Waals surface area (Å²) in [5.74, 6) is -4.93. The van der Waals surface area contributed by atoms with Crippen molar-refractivity contribution in [1.29, 1.82) is 0 Å². The minimum atomic E-state index is -1.73. The molecule has 0 radical (unpaired) electrons. The van der Waals surface area contributed by atoms with E-state index in [9.17, 15) is 29.4 Å². The standard InChI is InChI=1S/C58H87N7O13/c1-33(2)60-56-64(11)44-26-35(4)74-55(48(44)77-56)78-50-36(5)47(76-46-30-58(9,73-12)49(67)38(7)75-46)37(6)51(68)62-41(27-39-20-15-13-16-21-39)52(69)59-31-45(66)61-42(28-40-22-17-14-18-23-40)53(70)65-25-19-24-43(65)54(71)63(10)32-34(3)29-57(50,8)72/h13-18,20-23,33-38,41-44,46-50,55,67,72H,19,24-32H2,1-12H3,(H,59,69)(H,61,66)(H,62,68)/t34-,35?,36+,37?,38?,41+,42?,43?,44?,46?,47+,48-,49+,50-,55+,57-,58-/m1/s1. The van der Waals surface area contributed by atoms with E-state index in [1.165, 1.54) is 7.11 Å². The molecule has 0 spiro atoms. The van der Waals surface area contributed by atoms with Gasteiger partial charge in [-0.3, -0.25) is 24.0 Å². The number of amides is 5. The number of nitrogens with one attached hydrogen (secondary N) is 3. The highest BCUT2D eigenvalue weighted by atomic mass is 16.7. The Kier molecular flexibility index (Phi) is 20.1. The Labute approximate surface area is 460 Å². The molecule has 432 valence electrons. The number of aliphatic imine (C=N–C) groups is 1. The van der Waals surface area contributed by atoms with Gasteiger partial charge in [-0.2, -0.15) is 0 Å². The number of carbonyl (C=O) groups is 5. The number of ether oxygens (including phenoxy) is 6. The van der Waals surface area contributed by atoms with Crippen LogP contribution in [-0.4, -0.2) is 192 Å². The maximum absolute atomic E-state index is 15.1. The molecule has 78 heavy (non-hydrogen) atoms. The van der Waals surface area contributed by atoms with Crippen LogP contribution in [0.15, 0.2) is 65.7 Å². The molecule has 5 aliphatic heterocycles. The normalized spacial score (nSPS) is 37.7. The number of amidine groups is 1. The van der Waals surface area contributed by atoms with E-state index >= 15 is 4.79 Å². The highest BCUT2D eigenvalue weighted by Crippen LogP contribution is 2.41. The van der Waals surface area contributed by atoms with Crippen molar-refractivity contribution in [2.45, 2.75) is 198 Å². The summed E-state index contributed by atoms with van der Waals surface area (Å²) in [7, 11) is 5.11. The van der Waals surface area contributed by atoms with Gasteiger partial charge in [0.05, 0.1) is 54.1 Å². The summed E-state index contributed by atoms with van der Waals surface area (Å²) in [4.78, 5) is 82.6. The van der Waals surface area contributed by atoms with Gasteiger partial charge in [-0.05, 0) is 84.3 Å². The van der Waals surface area contributed by atoms with Gasteiger partial charge in [-0.15, -0.1) is 0 Å². The van der Waals surface area contributed by atoms with E-state index in [-0.39, 0.29) is 62.2 Å². The van der Waals surface area contributed by atoms with Gasteiger partial charge < -0.3 is 69.3 Å². The molecule has 0 aliphatic carbocycles. The monoisotopic (exact) mass is 1090 g/mol. The average molecular weight is 1090 g/mol. The van der Waals surface area contributed by atoms with Crippen molar-refractivity contribution < 1.29 is 62.6 Å². The molecule has 20 heteroatoms. The first-order chi connectivity index (χ1) is 36.9. The third kappa shape index (κ3) is 14.4. The van der Waals surface area contributed by atoms with E-state index in [2.05, 4.69) is 16.0 Å². The van der Waals surface area contributed by atoms with Crippen LogP contribution in [0.5, 0.6) is 0 Å². The van der Waals surface area contributed by atoms with E-state index in [1.54, 1.807) is 44.5 Å². The largest absolute Gasteiger partial charge is 0.454 e. The number of benzene rings is 2. The molecule has 0 saturated carbocycles. The Balaban J connectivity index is 1.30. The van der Waals surface area contributed by atoms with Crippen LogP contribution < -0.4 is 16.0 Å². The topological polar surface area (TPSA) is 239 Å². The van der Waals surface area contributed by atoms with Gasteiger partial charge >= 0.3 is 0 Å². The highest BCUT2D eigenvalue weighted by molar-refractivity contribution is 5.95. The van der Waals surface area contributed by atoms with Crippen molar-refractivity contribution >= 4 is 35.6 Å². The van der Waals surface area contributed by atoms with E-state index in [0.717, 1.165) is 11.1 Å². The number of methoxy groups -OCH3 is 1. The smallest absolute Gasteiger partial charge is 0.288 e. The van der Waals surface area contributed by atoms with Gasteiger partial charge in [-0.25, -0.2) is 4.99 Å². The molecule has 5 fully saturated rings. The second kappa shape index (κ2) is 25.9. The second-order valence-electron chi connectivity index (χ2n) is 23.4. The van der Waals surface area contributed by atoms with Gasteiger partial charge in [0, 0.05) is 65.5 Å². The van der Waals surface area contributed by atoms with Crippen molar-refractivity contribution in [3.05, 3.63) is 71.8 Å². The third-order valence-electron chi connectivity index (χ3n) is 16.4. The van der Waals surface area contributed by atoms with E-state index in [4.69, 9.17) is 33.4 Å². The molecule has 20 nitrogen and oxygen atoms in total. The minimum Gasteiger partial charge on any atom is -0.454 e. The van der Waals surface area contributed by atoms with Crippen molar-refractivity contribution in [1.82, 2.24) is 30.7 Å². The number of aliphatic hydroxyl groups is 2. The van der Waals surface area contributed by atoms with Gasteiger partial charge in [0.1, 0.15) is 24.2 Å². The SMILES string of the molecule is CO[C@]1(C)CC(O[C@@H]2C(C)C(=O)N[C@@H](Cc3ccccc3)C(=O)NCC(=O)NC(Cc3ccccc3)C(=O)N3CCCC3C(=O)N(C)C[C@H](C)C[C@@](C)(O)[C@H](O[C@@H]3OC(C)CC4[C@H]3OC(=NC(C)C)N4C)[C@H]2C)OC(C)[C@@H]1O. The lowest BCUT2D eigenvalue weighted by molar-refractivity contribution is -0.313. The molecule has 5 N–H and O–H groups in total. The molecule has 2 aromatic carbocycles. The first-order valence-corrected chi connectivity index (χ1v) is 27.9. The Morgan fingerprint density at radius 2 is 1.47 bits per heavy atom. The molecule has 17 atom stereocenters. The number of rotatable bonds is 10. The molecular weight excluding hydrogens is 1000 g/mol. The molecule has 7 unspecified atom stereocenters. The van der Waals surface area contributed by atoms with Gasteiger partial charge in [-0.1, -0.05) is 81.4 Å². The van der Waals surface area contributed by atoms with Crippen LogP contribution in [0.2, 0.25) is 0 Å². The lowest BCUT2D eigenvalue weighted by atomic mass is 9.77. The molecule has 0 aromatic heterocycles. The first kappa shape index (κ1) is 60.4. The summed E-state index contributed by atoms with van der Waals surface area (Å²) in [5.41, 5.74) is -1.33. The number of hydrogen-bond donors (Lipinski definition) is 5. The molecule has 5 heterocycles. The van der Waals surface area contributed by atoms with E-state index in [1.807, 2.05) is 107 Å². The quantitative estimate of drug-likeness (QED) is 0.230. The summed E-state index contributed by atoms with van der Waals surface area (Å²) in [5, 5.41) is 33.1.